The number of carbonyl (C=O) groups excluding carboxylic acids is 1. The Bertz CT molecular complexity index is 1040. The highest BCUT2D eigenvalue weighted by Gasteiger charge is 2.42. The van der Waals surface area contributed by atoms with Crippen molar-refractivity contribution in [1.82, 2.24) is 15.3 Å². The number of morpholine rings is 1. The fourth-order valence-corrected chi connectivity index (χ4v) is 4.99. The molecule has 8 nitrogen and oxygen atoms in total. The highest BCUT2D eigenvalue weighted by Crippen LogP contribution is 2.43. The van der Waals surface area contributed by atoms with Crippen LogP contribution in [0.25, 0.3) is 11.4 Å². The van der Waals surface area contributed by atoms with Crippen molar-refractivity contribution in [3.63, 3.8) is 0 Å². The van der Waals surface area contributed by atoms with Crippen molar-refractivity contribution in [3.05, 3.63) is 48.2 Å². The molecule has 5 rings (SSSR count). The van der Waals surface area contributed by atoms with Gasteiger partial charge in [-0.25, -0.2) is 14.8 Å². The summed E-state index contributed by atoms with van der Waals surface area (Å²) in [6.07, 6.45) is 5.30. The van der Waals surface area contributed by atoms with Crippen LogP contribution < -0.4 is 15.5 Å². The number of fused-ring (bicyclic) bond motifs is 3. The molecule has 2 bridgehead atoms. The summed E-state index contributed by atoms with van der Waals surface area (Å²) in [5, 5.41) is 5.56. The number of nitrogens with one attached hydrogen (secondary N) is 2. The van der Waals surface area contributed by atoms with Crippen LogP contribution in [0.1, 0.15) is 44.4 Å². The van der Waals surface area contributed by atoms with Crippen molar-refractivity contribution < 1.29 is 14.3 Å². The first-order valence-corrected chi connectivity index (χ1v) is 11.7. The van der Waals surface area contributed by atoms with Gasteiger partial charge >= 0.3 is 6.03 Å². The van der Waals surface area contributed by atoms with Crippen molar-refractivity contribution in [2.45, 2.75) is 57.5 Å². The average Bonchev–Trinajstić information content (AvgIpc) is 3.32. The minimum Gasteiger partial charge on any atom is -0.371 e. The predicted octanol–water partition coefficient (Wildman–Crippen LogP) is 3.97. The second-order valence-electron chi connectivity index (χ2n) is 9.13. The Labute approximate surface area is 194 Å². The van der Waals surface area contributed by atoms with Gasteiger partial charge in [0.15, 0.2) is 5.82 Å². The van der Waals surface area contributed by atoms with E-state index in [-0.39, 0.29) is 18.2 Å². The van der Waals surface area contributed by atoms with Crippen LogP contribution in [-0.4, -0.2) is 47.8 Å². The van der Waals surface area contributed by atoms with Gasteiger partial charge in [0.25, 0.3) is 0 Å². The summed E-state index contributed by atoms with van der Waals surface area (Å²) in [6, 6.07) is 7.40. The van der Waals surface area contributed by atoms with Gasteiger partial charge in [0, 0.05) is 36.4 Å². The molecule has 2 fully saturated rings. The van der Waals surface area contributed by atoms with Crippen LogP contribution in [0, 0.1) is 0 Å². The molecule has 2 aromatic rings. The third kappa shape index (κ3) is 4.20. The summed E-state index contributed by atoms with van der Waals surface area (Å²) >= 11 is 0. The highest BCUT2D eigenvalue weighted by atomic mass is 16.5. The van der Waals surface area contributed by atoms with Gasteiger partial charge in [-0.05, 0) is 57.4 Å². The molecule has 0 aliphatic carbocycles. The topological polar surface area (TPSA) is 88.6 Å². The predicted molar refractivity (Wildman–Crippen MR) is 127 cm³/mol. The molecule has 2 amide bonds. The molecule has 0 spiro atoms. The molecule has 1 aromatic carbocycles. The van der Waals surface area contributed by atoms with Gasteiger partial charge in [-0.3, -0.25) is 0 Å². The van der Waals surface area contributed by atoms with E-state index >= 15 is 0 Å². The number of ether oxygens (including phenoxy) is 2. The van der Waals surface area contributed by atoms with Gasteiger partial charge in [-0.2, -0.15) is 0 Å². The van der Waals surface area contributed by atoms with Gasteiger partial charge < -0.3 is 25.0 Å². The normalized spacial score (nSPS) is 25.6. The molecule has 2 N–H and O–H groups in total. The molecule has 3 atom stereocenters. The molecular weight excluding hydrogens is 418 g/mol. The lowest BCUT2D eigenvalue weighted by molar-refractivity contribution is -0.0229. The van der Waals surface area contributed by atoms with Gasteiger partial charge in [-0.1, -0.05) is 6.08 Å². The number of nitrogens with zero attached hydrogens (tertiary/aromatic N) is 3. The number of carbonyl (C=O) groups is 1. The number of amides is 2. The summed E-state index contributed by atoms with van der Waals surface area (Å²) < 4.78 is 12.3. The SMILES string of the molecule is C=CC[C@@]1(C)OCc2c(N3C[C@H]4CC[C@@H](C3)O4)nc(-c3ccc(NC(=O)NCC)cc3)nc21. The van der Waals surface area contributed by atoms with E-state index in [0.717, 1.165) is 54.3 Å². The lowest BCUT2D eigenvalue weighted by atomic mass is 9.96. The molecule has 0 unspecified atom stereocenters. The maximum atomic E-state index is 11.8. The Morgan fingerprint density at radius 1 is 1.24 bits per heavy atom. The average molecular weight is 450 g/mol. The molecular formula is C25H31N5O3. The molecule has 4 heterocycles. The van der Waals surface area contributed by atoms with E-state index in [1.54, 1.807) is 0 Å². The molecule has 33 heavy (non-hydrogen) atoms. The Morgan fingerprint density at radius 3 is 2.64 bits per heavy atom. The highest BCUT2D eigenvalue weighted by molar-refractivity contribution is 5.89. The first kappa shape index (κ1) is 21.9. The third-order valence-corrected chi connectivity index (χ3v) is 6.64. The van der Waals surface area contributed by atoms with Gasteiger partial charge in [-0.15, -0.1) is 6.58 Å². The quantitative estimate of drug-likeness (QED) is 0.649. The fraction of sp³-hybridized carbons (Fsp3) is 0.480. The Hall–Kier alpha value is -2.97. The van der Waals surface area contributed by atoms with Crippen molar-refractivity contribution >= 4 is 17.5 Å². The van der Waals surface area contributed by atoms with E-state index in [2.05, 4.69) is 29.0 Å². The number of aromatic nitrogens is 2. The second kappa shape index (κ2) is 8.76. The maximum absolute atomic E-state index is 11.8. The smallest absolute Gasteiger partial charge is 0.319 e. The maximum Gasteiger partial charge on any atom is 0.319 e. The standard InChI is InChI=1S/C25H31N5O3/c1-4-12-25(3)21-20(15-32-25)23(30-13-18-10-11-19(14-30)33-18)29-22(28-21)16-6-8-17(9-7-16)27-24(31)26-5-2/h4,6-9,18-19H,1,5,10-15H2,2-3H3,(H2,26,27,31)/t18-,19+,25-/m1/s1. The Balaban J connectivity index is 1.51. The number of hydrogen-bond donors (Lipinski definition) is 2. The monoisotopic (exact) mass is 449 g/mol. The van der Waals surface area contributed by atoms with Crippen LogP contribution in [0.15, 0.2) is 36.9 Å². The molecule has 3 aliphatic rings. The van der Waals surface area contributed by atoms with Crippen LogP contribution in [-0.2, 0) is 21.7 Å². The van der Waals surface area contributed by atoms with Crippen LogP contribution in [0.3, 0.4) is 0 Å². The number of hydrogen-bond acceptors (Lipinski definition) is 6. The van der Waals surface area contributed by atoms with Gasteiger partial charge in [0.1, 0.15) is 11.4 Å². The first-order chi connectivity index (χ1) is 16.0. The fourth-order valence-electron chi connectivity index (χ4n) is 4.99. The minimum atomic E-state index is -0.519. The zero-order valence-electron chi connectivity index (χ0n) is 19.3. The van der Waals surface area contributed by atoms with Crippen molar-refractivity contribution in [2.75, 3.05) is 29.9 Å². The molecule has 2 saturated heterocycles. The zero-order valence-corrected chi connectivity index (χ0v) is 19.3. The molecule has 1 aromatic heterocycles. The first-order valence-electron chi connectivity index (χ1n) is 11.7. The number of benzene rings is 1. The Morgan fingerprint density at radius 2 is 1.97 bits per heavy atom. The third-order valence-electron chi connectivity index (χ3n) is 6.64. The van der Waals surface area contributed by atoms with E-state index < -0.39 is 5.60 Å². The van der Waals surface area contributed by atoms with Crippen LogP contribution in [0.2, 0.25) is 0 Å². The number of anilines is 2. The zero-order chi connectivity index (χ0) is 23.0. The summed E-state index contributed by atoms with van der Waals surface area (Å²) in [5.41, 5.74) is 3.10. The summed E-state index contributed by atoms with van der Waals surface area (Å²) in [6.45, 7) is 10.6. The van der Waals surface area contributed by atoms with E-state index in [4.69, 9.17) is 19.4 Å². The van der Waals surface area contributed by atoms with E-state index in [1.165, 1.54) is 0 Å². The molecule has 174 valence electrons. The second-order valence-corrected chi connectivity index (χ2v) is 9.13. The number of urea groups is 1. The summed E-state index contributed by atoms with van der Waals surface area (Å²) in [7, 11) is 0. The largest absolute Gasteiger partial charge is 0.371 e. The lowest BCUT2D eigenvalue weighted by Gasteiger charge is -2.34. The number of rotatable bonds is 6. The summed E-state index contributed by atoms with van der Waals surface area (Å²) in [5.74, 6) is 1.61. The summed E-state index contributed by atoms with van der Waals surface area (Å²) in [4.78, 5) is 24.2. The molecule has 0 saturated carbocycles. The molecule has 0 radical (unpaired) electrons. The van der Waals surface area contributed by atoms with Crippen LogP contribution in [0.5, 0.6) is 0 Å². The van der Waals surface area contributed by atoms with Gasteiger partial charge in [0.2, 0.25) is 0 Å². The lowest BCUT2D eigenvalue weighted by Crippen LogP contribution is -2.43. The van der Waals surface area contributed by atoms with E-state index in [0.29, 0.717) is 25.4 Å². The minimum absolute atomic E-state index is 0.222. The van der Waals surface area contributed by atoms with Crippen LogP contribution >= 0.6 is 0 Å². The van der Waals surface area contributed by atoms with E-state index in [1.807, 2.05) is 37.3 Å². The van der Waals surface area contributed by atoms with Crippen molar-refractivity contribution in [2.24, 2.45) is 0 Å². The van der Waals surface area contributed by atoms with Crippen LogP contribution in [0.4, 0.5) is 16.3 Å². The van der Waals surface area contributed by atoms with Crippen molar-refractivity contribution in [1.29, 1.82) is 0 Å². The van der Waals surface area contributed by atoms with E-state index in [9.17, 15) is 4.79 Å². The van der Waals surface area contributed by atoms with Gasteiger partial charge in [0.05, 0.1) is 24.5 Å². The Kier molecular flexibility index (Phi) is 5.80. The molecule has 8 heteroatoms. The molecule has 3 aliphatic heterocycles. The van der Waals surface area contributed by atoms with Crippen molar-refractivity contribution in [3.8, 4) is 11.4 Å².